The number of amides is 3. The average molecular weight is 1150 g/mol. The lowest BCUT2D eigenvalue weighted by atomic mass is 10.0. The molecule has 0 radical (unpaired) electrons. The Hall–Kier alpha value is -9.27. The van der Waals surface area contributed by atoms with Gasteiger partial charge in [-0.15, -0.1) is 26.3 Å². The van der Waals surface area contributed by atoms with Gasteiger partial charge in [-0.25, -0.2) is 26.3 Å². The molecule has 2 unspecified atom stereocenters. The van der Waals surface area contributed by atoms with Gasteiger partial charge in [-0.05, 0) is 36.8 Å². The van der Waals surface area contributed by atoms with E-state index in [0.29, 0.717) is 29.8 Å². The minimum Gasteiger partial charge on any atom is -0.483 e. The number of nitrogens with zero attached hydrogens (tertiary/aromatic N) is 4. The van der Waals surface area contributed by atoms with Crippen LogP contribution in [0.15, 0.2) is 158 Å². The Balaban J connectivity index is 0.000000294. The molecule has 1 aliphatic heterocycles. The highest BCUT2D eigenvalue weighted by Gasteiger charge is 2.38. The van der Waals surface area contributed by atoms with Crippen molar-refractivity contribution in [1.29, 1.82) is 0 Å². The van der Waals surface area contributed by atoms with Gasteiger partial charge in [0, 0.05) is 79.9 Å². The molecule has 4 atom stereocenters. The summed E-state index contributed by atoms with van der Waals surface area (Å²) in [4.78, 5) is 82.4. The third kappa shape index (κ3) is 16.0. The van der Waals surface area contributed by atoms with Crippen molar-refractivity contribution in [3.8, 4) is 11.5 Å². The molecular weight excluding hydrogens is 1090 g/mol. The molecule has 0 spiro atoms. The molecule has 14 nitrogen and oxygen atoms in total. The maximum Gasteiger partial charge on any atom is 0.278 e. The van der Waals surface area contributed by atoms with Crippen molar-refractivity contribution in [2.75, 3.05) is 18.8 Å². The number of nitrogens with one attached hydrogen (secondary N) is 2. The van der Waals surface area contributed by atoms with Gasteiger partial charge >= 0.3 is 0 Å². The molecule has 0 aliphatic carbocycles. The molecule has 0 fully saturated rings. The summed E-state index contributed by atoms with van der Waals surface area (Å²) in [6.07, 6.45) is 8.95. The predicted octanol–water partition coefficient (Wildman–Crippen LogP) is 10.9. The molecule has 6 aromatic rings. The van der Waals surface area contributed by atoms with Gasteiger partial charge in [0.15, 0.2) is 23.0 Å². The number of rotatable bonds is 23. The Kier molecular flexibility index (Phi) is 22.7. The van der Waals surface area contributed by atoms with Crippen LogP contribution in [-0.4, -0.2) is 63.6 Å². The van der Waals surface area contributed by atoms with Crippen molar-refractivity contribution in [2.45, 2.75) is 79.0 Å². The quantitative estimate of drug-likeness (QED) is 0.0361. The second-order valence-corrected chi connectivity index (χ2v) is 19.1. The fraction of sp³-hybridized carbons (Fsp3) is 0.258. The van der Waals surface area contributed by atoms with E-state index in [4.69, 9.17) is 10.8 Å². The van der Waals surface area contributed by atoms with Crippen LogP contribution < -0.4 is 36.0 Å². The highest BCUT2D eigenvalue weighted by molar-refractivity contribution is 6.01. The van der Waals surface area contributed by atoms with Gasteiger partial charge in [0.1, 0.15) is 71.6 Å². The second-order valence-electron chi connectivity index (χ2n) is 19.1. The normalized spacial score (nSPS) is 13.2. The lowest BCUT2D eigenvalue weighted by Gasteiger charge is -2.44. The monoisotopic (exact) mass is 1150 g/mol. The fourth-order valence-electron chi connectivity index (χ4n) is 8.28. The summed E-state index contributed by atoms with van der Waals surface area (Å²) in [6.45, 7) is 21.1. The number of ketones is 1. The standard InChI is InChI=1S/C31H31F3N2O4.C30H29F3N4O4.CH3F/c1-5-19(3)12-27(37)28-30(40-18-21-10-8-7-9-11-21)29(38)24(17-36(28)16-20(4)6-2)31(39)35-15-23-25(33)13-22(32)14-26(23)34;1-5-18(3)35-17-37(19(4)6-2)36-15-23(29(39)34-14-22-24(32)12-21(31)13-25(22)33)27(38)28(26(36)30(35)40)41-16-20-10-8-7-9-11-20;1-2/h5-11,13-14,17,19-20H,1-2,12,15-16,18H2,3-4H3,(H,35,39);5-13,15,18-19H,1-2,14,16-17H2,3-4H3,(H,34,39);1H3/t19-,20?;18-,19?;/m00./s1/i;;1D. The van der Waals surface area contributed by atoms with Crippen molar-refractivity contribution in [3.05, 3.63) is 248 Å². The van der Waals surface area contributed by atoms with Crippen molar-refractivity contribution < 1.29 is 60.8 Å². The third-order valence-corrected chi connectivity index (χ3v) is 13.1. The molecule has 438 valence electrons. The molecule has 3 heterocycles. The van der Waals surface area contributed by atoms with E-state index in [9.17, 15) is 59.5 Å². The van der Waals surface area contributed by atoms with E-state index < -0.39 is 112 Å². The SMILES string of the molecule is C=CC(C)Cn1cc(C(=O)NCc2c(F)cc(F)cc2F)c(=O)c(OCc2ccccc2)c1C(=O)C[C@@H](C)C=C.C=CC(C)N1CN([C@@H](C)C=C)C(=O)c2c(OCc3ccccc3)c(=O)c(C(=O)NCc3c(F)cc(F)cc3F)cn21.[2H]CF. The summed E-state index contributed by atoms with van der Waals surface area (Å²) >= 11 is 0. The average Bonchev–Trinajstić information content (AvgIpc) is 1.52. The van der Waals surface area contributed by atoms with Crippen LogP contribution in [-0.2, 0) is 32.8 Å². The molecule has 3 amide bonds. The van der Waals surface area contributed by atoms with E-state index in [1.54, 1.807) is 91.7 Å². The van der Waals surface area contributed by atoms with Gasteiger partial charge in [0.05, 0.1) is 14.6 Å². The van der Waals surface area contributed by atoms with E-state index in [1.807, 2.05) is 26.0 Å². The number of pyridine rings is 2. The van der Waals surface area contributed by atoms with Crippen LogP contribution >= 0.6 is 0 Å². The molecule has 2 N–H and O–H groups in total. The summed E-state index contributed by atoms with van der Waals surface area (Å²) in [6, 6.07) is 19.1. The lowest BCUT2D eigenvalue weighted by molar-refractivity contribution is 0.0641. The Labute approximate surface area is 476 Å². The molecule has 1 aliphatic rings. The van der Waals surface area contributed by atoms with Crippen molar-refractivity contribution in [3.63, 3.8) is 0 Å². The molecule has 0 saturated carbocycles. The van der Waals surface area contributed by atoms with Crippen LogP contribution in [0.3, 0.4) is 0 Å². The van der Waals surface area contributed by atoms with E-state index in [2.05, 4.69) is 36.9 Å². The number of Topliss-reactive ketones (excluding diaryl/α,β-unsaturated/α-hetero) is 1. The Morgan fingerprint density at radius 2 is 1.07 bits per heavy atom. The largest absolute Gasteiger partial charge is 0.483 e. The topological polar surface area (TPSA) is 161 Å². The summed E-state index contributed by atoms with van der Waals surface area (Å²) in [7, 11) is -1.00. The molecule has 0 bridgehead atoms. The van der Waals surface area contributed by atoms with E-state index in [0.717, 1.165) is 5.56 Å². The summed E-state index contributed by atoms with van der Waals surface area (Å²) in [5.41, 5.74) is -2.40. The first kappa shape index (κ1) is 62.9. The number of fused-ring (bicyclic) bond motifs is 1. The first-order valence-corrected chi connectivity index (χ1v) is 25.7. The number of carbonyl (C=O) groups is 4. The Morgan fingerprint density at radius 3 is 1.52 bits per heavy atom. The summed E-state index contributed by atoms with van der Waals surface area (Å²) in [5, 5.41) is 6.33. The van der Waals surface area contributed by atoms with Gasteiger partial charge in [-0.3, -0.25) is 42.8 Å². The molecule has 4 aromatic carbocycles. The van der Waals surface area contributed by atoms with Crippen molar-refractivity contribution in [1.82, 2.24) is 24.8 Å². The number of hydrogen-bond acceptors (Lipinski definition) is 9. The highest BCUT2D eigenvalue weighted by Crippen LogP contribution is 2.28. The number of aromatic nitrogens is 2. The molecule has 83 heavy (non-hydrogen) atoms. The second kappa shape index (κ2) is 30.0. The van der Waals surface area contributed by atoms with Crippen molar-refractivity contribution >= 4 is 23.5 Å². The van der Waals surface area contributed by atoms with Crippen LogP contribution in [0.2, 0.25) is 0 Å². The maximum atomic E-state index is 14.2. The van der Waals surface area contributed by atoms with Crippen LogP contribution in [0.25, 0.3) is 0 Å². The van der Waals surface area contributed by atoms with Gasteiger partial charge in [0.25, 0.3) is 17.7 Å². The number of hydrogen-bond donors (Lipinski definition) is 2. The van der Waals surface area contributed by atoms with Gasteiger partial charge in [-0.1, -0.05) is 98.8 Å². The van der Waals surface area contributed by atoms with E-state index in [1.165, 1.54) is 26.5 Å². The number of halogens is 7. The maximum absolute atomic E-state index is 14.2. The van der Waals surface area contributed by atoms with Gasteiger partial charge in [-0.2, -0.15) is 0 Å². The van der Waals surface area contributed by atoms with Crippen molar-refractivity contribution in [2.24, 2.45) is 11.8 Å². The number of allylic oxidation sites excluding steroid dienone is 2. The molecule has 21 heteroatoms. The first-order chi connectivity index (χ1) is 40.0. The van der Waals surface area contributed by atoms with E-state index >= 15 is 0 Å². The summed E-state index contributed by atoms with van der Waals surface area (Å²) in [5.74, 6) is -10.8. The predicted molar refractivity (Wildman–Crippen MR) is 301 cm³/mol. The Morgan fingerprint density at radius 1 is 0.639 bits per heavy atom. The van der Waals surface area contributed by atoms with E-state index in [-0.39, 0.29) is 79.4 Å². The molecule has 7 rings (SSSR count). The number of ether oxygens (including phenoxy) is 2. The smallest absolute Gasteiger partial charge is 0.278 e. The van der Waals surface area contributed by atoms with Crippen LogP contribution in [0.5, 0.6) is 11.5 Å². The van der Waals surface area contributed by atoms with Crippen LogP contribution in [0, 0.1) is 46.7 Å². The van der Waals surface area contributed by atoms with Crippen LogP contribution in [0.4, 0.5) is 30.7 Å². The minimum atomic E-state index is -1.19. The third-order valence-electron chi connectivity index (χ3n) is 13.1. The first-order valence-electron chi connectivity index (χ1n) is 26.4. The summed E-state index contributed by atoms with van der Waals surface area (Å²) < 4.78 is 113. The number of benzene rings is 4. The molecular formula is C62H63F7N6O8. The Bertz CT molecular complexity index is 3460. The van der Waals surface area contributed by atoms with Gasteiger partial charge in [0.2, 0.25) is 10.9 Å². The zero-order valence-electron chi connectivity index (χ0n) is 47.0. The molecule has 0 saturated heterocycles. The fourth-order valence-corrected chi connectivity index (χ4v) is 8.28. The number of alkyl halides is 1. The zero-order valence-corrected chi connectivity index (χ0v) is 46.0. The van der Waals surface area contributed by atoms with Crippen LogP contribution in [0.1, 0.15) is 99.4 Å². The lowest BCUT2D eigenvalue weighted by Crippen LogP contribution is -2.59. The minimum absolute atomic E-state index is 0.00416. The molecule has 2 aromatic heterocycles. The number of carbonyl (C=O) groups excluding carboxylic acids is 4. The zero-order chi connectivity index (χ0) is 61.9. The highest BCUT2D eigenvalue weighted by atomic mass is 19.2. The van der Waals surface area contributed by atoms with Gasteiger partial charge < -0.3 is 29.6 Å².